The highest BCUT2D eigenvalue weighted by Crippen LogP contribution is 2.22. The molecular weight excluding hydrogens is 257 g/mol. The summed E-state index contributed by atoms with van der Waals surface area (Å²) in [4.78, 5) is 7.87. The van der Waals surface area contributed by atoms with E-state index in [1.807, 2.05) is 0 Å². The number of nitrogens with zero attached hydrogens (tertiary/aromatic N) is 4. The SMILES string of the molecule is Nc1ncncc1-c1cnn(Cc2ccccc2F)c1. The molecule has 0 amide bonds. The van der Waals surface area contributed by atoms with Gasteiger partial charge in [-0.1, -0.05) is 18.2 Å². The topological polar surface area (TPSA) is 69.6 Å². The van der Waals surface area contributed by atoms with Crippen molar-refractivity contribution in [3.05, 3.63) is 60.6 Å². The molecule has 1 aromatic carbocycles. The van der Waals surface area contributed by atoms with E-state index < -0.39 is 0 Å². The highest BCUT2D eigenvalue weighted by Gasteiger charge is 2.08. The van der Waals surface area contributed by atoms with Crippen LogP contribution in [0.1, 0.15) is 5.56 Å². The Bertz CT molecular complexity index is 738. The van der Waals surface area contributed by atoms with E-state index in [0.29, 0.717) is 23.5 Å². The summed E-state index contributed by atoms with van der Waals surface area (Å²) in [5.41, 5.74) is 7.89. The molecule has 0 fully saturated rings. The fourth-order valence-electron chi connectivity index (χ4n) is 1.95. The normalized spacial score (nSPS) is 10.7. The van der Waals surface area contributed by atoms with Crippen LogP contribution in [0.3, 0.4) is 0 Å². The molecule has 0 radical (unpaired) electrons. The van der Waals surface area contributed by atoms with Gasteiger partial charge in [-0.2, -0.15) is 5.10 Å². The van der Waals surface area contributed by atoms with Crippen LogP contribution in [0.2, 0.25) is 0 Å². The van der Waals surface area contributed by atoms with Crippen molar-refractivity contribution >= 4 is 5.82 Å². The van der Waals surface area contributed by atoms with Crippen molar-refractivity contribution in [3.8, 4) is 11.1 Å². The molecular formula is C14H12FN5. The number of rotatable bonds is 3. The van der Waals surface area contributed by atoms with Gasteiger partial charge in [-0.3, -0.25) is 4.68 Å². The van der Waals surface area contributed by atoms with E-state index in [-0.39, 0.29) is 5.82 Å². The number of anilines is 1. The highest BCUT2D eigenvalue weighted by atomic mass is 19.1. The molecule has 0 atom stereocenters. The maximum absolute atomic E-state index is 13.6. The van der Waals surface area contributed by atoms with Gasteiger partial charge >= 0.3 is 0 Å². The predicted octanol–water partition coefficient (Wildman–Crippen LogP) is 2.11. The fraction of sp³-hybridized carbons (Fsp3) is 0.0714. The minimum atomic E-state index is -0.243. The lowest BCUT2D eigenvalue weighted by molar-refractivity contribution is 0.585. The molecule has 0 bridgehead atoms. The number of hydrogen-bond acceptors (Lipinski definition) is 4. The van der Waals surface area contributed by atoms with E-state index >= 15 is 0 Å². The standard InChI is InChI=1S/C14H12FN5/c15-13-4-2-1-3-10(13)7-20-8-11(5-19-20)12-6-17-9-18-14(12)16/h1-6,8-9H,7H2,(H2,16,17,18). The smallest absolute Gasteiger partial charge is 0.134 e. The van der Waals surface area contributed by atoms with Crippen LogP contribution in [0.25, 0.3) is 11.1 Å². The van der Waals surface area contributed by atoms with Crippen LogP contribution < -0.4 is 5.73 Å². The minimum Gasteiger partial charge on any atom is -0.383 e. The molecule has 0 aliphatic carbocycles. The number of hydrogen-bond donors (Lipinski definition) is 1. The number of aromatic nitrogens is 4. The number of halogens is 1. The van der Waals surface area contributed by atoms with Crippen molar-refractivity contribution in [1.82, 2.24) is 19.7 Å². The quantitative estimate of drug-likeness (QED) is 0.790. The van der Waals surface area contributed by atoms with E-state index in [9.17, 15) is 4.39 Å². The largest absolute Gasteiger partial charge is 0.383 e. The summed E-state index contributed by atoms with van der Waals surface area (Å²) in [6, 6.07) is 6.63. The van der Waals surface area contributed by atoms with Crippen molar-refractivity contribution < 1.29 is 4.39 Å². The molecule has 3 rings (SSSR count). The first kappa shape index (κ1) is 12.3. The van der Waals surface area contributed by atoms with E-state index in [1.54, 1.807) is 41.5 Å². The number of nitrogen functional groups attached to an aromatic ring is 1. The second-order valence-electron chi connectivity index (χ2n) is 4.34. The molecule has 6 heteroatoms. The molecule has 0 unspecified atom stereocenters. The summed E-state index contributed by atoms with van der Waals surface area (Å²) in [5.74, 6) is 0.151. The van der Waals surface area contributed by atoms with E-state index in [4.69, 9.17) is 5.73 Å². The Morgan fingerprint density at radius 2 is 2.05 bits per heavy atom. The lowest BCUT2D eigenvalue weighted by atomic mass is 10.2. The average Bonchev–Trinajstić information content (AvgIpc) is 2.90. The lowest BCUT2D eigenvalue weighted by Crippen LogP contribution is -2.01. The second-order valence-corrected chi connectivity index (χ2v) is 4.34. The van der Waals surface area contributed by atoms with Crippen LogP contribution >= 0.6 is 0 Å². The number of nitrogens with two attached hydrogens (primary N) is 1. The Kier molecular flexibility index (Phi) is 3.12. The van der Waals surface area contributed by atoms with Crippen LogP contribution in [0, 0.1) is 5.82 Å². The Labute approximate surface area is 114 Å². The van der Waals surface area contributed by atoms with Gasteiger partial charge in [0.2, 0.25) is 0 Å². The Hall–Kier alpha value is -2.76. The summed E-state index contributed by atoms with van der Waals surface area (Å²) in [7, 11) is 0. The van der Waals surface area contributed by atoms with Crippen LogP contribution in [0.5, 0.6) is 0 Å². The van der Waals surface area contributed by atoms with Gasteiger partial charge in [-0.05, 0) is 6.07 Å². The lowest BCUT2D eigenvalue weighted by Gasteiger charge is -2.03. The highest BCUT2D eigenvalue weighted by molar-refractivity contribution is 5.71. The van der Waals surface area contributed by atoms with Crippen molar-refractivity contribution in [1.29, 1.82) is 0 Å². The van der Waals surface area contributed by atoms with E-state index in [1.165, 1.54) is 12.4 Å². The van der Waals surface area contributed by atoms with Gasteiger partial charge in [0.25, 0.3) is 0 Å². The minimum absolute atomic E-state index is 0.243. The first-order valence-corrected chi connectivity index (χ1v) is 6.06. The van der Waals surface area contributed by atoms with Crippen molar-refractivity contribution in [2.75, 3.05) is 5.73 Å². The summed E-state index contributed by atoms with van der Waals surface area (Å²) in [6.07, 6.45) is 6.48. The summed E-state index contributed by atoms with van der Waals surface area (Å²) >= 11 is 0. The molecule has 2 aromatic heterocycles. The zero-order valence-corrected chi connectivity index (χ0v) is 10.6. The summed E-state index contributed by atoms with van der Waals surface area (Å²) in [6.45, 7) is 0.361. The third kappa shape index (κ3) is 2.35. The average molecular weight is 269 g/mol. The Balaban J connectivity index is 1.88. The molecule has 20 heavy (non-hydrogen) atoms. The third-order valence-electron chi connectivity index (χ3n) is 2.98. The van der Waals surface area contributed by atoms with Gasteiger partial charge in [0.1, 0.15) is 18.0 Å². The molecule has 0 aliphatic rings. The van der Waals surface area contributed by atoms with Gasteiger partial charge < -0.3 is 5.73 Å². The molecule has 2 N–H and O–H groups in total. The van der Waals surface area contributed by atoms with Crippen LogP contribution in [-0.2, 0) is 6.54 Å². The molecule has 5 nitrogen and oxygen atoms in total. The zero-order chi connectivity index (χ0) is 13.9. The van der Waals surface area contributed by atoms with E-state index in [2.05, 4.69) is 15.1 Å². The summed E-state index contributed by atoms with van der Waals surface area (Å²) in [5, 5.41) is 4.21. The van der Waals surface area contributed by atoms with Gasteiger partial charge in [0, 0.05) is 29.1 Å². The van der Waals surface area contributed by atoms with Gasteiger partial charge in [0.15, 0.2) is 0 Å². The van der Waals surface area contributed by atoms with Gasteiger partial charge in [0.05, 0.1) is 12.7 Å². The second kappa shape index (κ2) is 5.08. The Morgan fingerprint density at radius 3 is 2.85 bits per heavy atom. The molecule has 3 aromatic rings. The molecule has 0 saturated carbocycles. The fourth-order valence-corrected chi connectivity index (χ4v) is 1.95. The van der Waals surface area contributed by atoms with Crippen molar-refractivity contribution in [3.63, 3.8) is 0 Å². The monoisotopic (exact) mass is 269 g/mol. The first-order chi connectivity index (χ1) is 9.74. The summed E-state index contributed by atoms with van der Waals surface area (Å²) < 4.78 is 15.2. The zero-order valence-electron chi connectivity index (χ0n) is 10.6. The van der Waals surface area contributed by atoms with Gasteiger partial charge in [-0.25, -0.2) is 14.4 Å². The third-order valence-corrected chi connectivity index (χ3v) is 2.98. The molecule has 0 spiro atoms. The molecule has 2 heterocycles. The van der Waals surface area contributed by atoms with Crippen LogP contribution in [-0.4, -0.2) is 19.7 Å². The van der Waals surface area contributed by atoms with Crippen LogP contribution in [0.4, 0.5) is 10.2 Å². The molecule has 100 valence electrons. The maximum atomic E-state index is 13.6. The van der Waals surface area contributed by atoms with Crippen molar-refractivity contribution in [2.45, 2.75) is 6.54 Å². The Morgan fingerprint density at radius 1 is 1.20 bits per heavy atom. The van der Waals surface area contributed by atoms with Crippen LogP contribution in [0.15, 0.2) is 49.2 Å². The van der Waals surface area contributed by atoms with Gasteiger partial charge in [-0.15, -0.1) is 0 Å². The van der Waals surface area contributed by atoms with Crippen molar-refractivity contribution in [2.24, 2.45) is 0 Å². The predicted molar refractivity (Wildman–Crippen MR) is 73.2 cm³/mol. The molecule has 0 saturated heterocycles. The number of benzene rings is 1. The first-order valence-electron chi connectivity index (χ1n) is 6.06. The maximum Gasteiger partial charge on any atom is 0.134 e. The molecule has 0 aliphatic heterocycles. The van der Waals surface area contributed by atoms with E-state index in [0.717, 1.165) is 5.56 Å².